The van der Waals surface area contributed by atoms with Crippen LogP contribution in [0.25, 0.3) is 0 Å². The smallest absolute Gasteiger partial charge is 0.303 e. The Bertz CT molecular complexity index is 1060. The zero-order valence-electron chi connectivity index (χ0n) is 19.5. The van der Waals surface area contributed by atoms with Crippen LogP contribution < -0.4 is 0 Å². The summed E-state index contributed by atoms with van der Waals surface area (Å²) < 4.78 is 27.3. The molecule has 2 saturated carbocycles. The second-order valence-electron chi connectivity index (χ2n) is 10.2. The normalized spacial score (nSPS) is 44.4. The summed E-state index contributed by atoms with van der Waals surface area (Å²) in [6.45, 7) is 4.68. The summed E-state index contributed by atoms with van der Waals surface area (Å²) in [5, 5.41) is 23.1. The molecule has 4 aliphatic carbocycles. The lowest BCUT2D eigenvalue weighted by Gasteiger charge is -2.60. The van der Waals surface area contributed by atoms with Crippen LogP contribution in [0.3, 0.4) is 0 Å². The van der Waals surface area contributed by atoms with Gasteiger partial charge in [-0.15, -0.1) is 0 Å². The van der Waals surface area contributed by atoms with Crippen LogP contribution in [0.2, 0.25) is 0 Å². The minimum Gasteiger partial charge on any atom is -0.459 e. The van der Waals surface area contributed by atoms with Crippen molar-refractivity contribution in [1.29, 1.82) is 0 Å². The topological polar surface area (TPSA) is 127 Å². The highest BCUT2D eigenvalue weighted by molar-refractivity contribution is 6.01. The number of aliphatic hydroxyl groups excluding tert-OH is 1. The molecular formula is C25H29FO8. The number of carbonyl (C=O) groups is 4. The number of Topliss-reactive ketones (excluding diaryl/α,β-unsaturated/α-hetero) is 1. The molecule has 8 nitrogen and oxygen atoms in total. The van der Waals surface area contributed by atoms with Crippen molar-refractivity contribution < 1.29 is 43.3 Å². The summed E-state index contributed by atoms with van der Waals surface area (Å²) in [6.07, 6.45) is 3.98. The van der Waals surface area contributed by atoms with Crippen LogP contribution in [0.1, 0.15) is 40.5 Å². The van der Waals surface area contributed by atoms with E-state index in [0.717, 1.165) is 13.8 Å². The van der Waals surface area contributed by atoms with Crippen LogP contribution in [0.4, 0.5) is 4.39 Å². The van der Waals surface area contributed by atoms with Crippen LogP contribution in [-0.4, -0.2) is 63.8 Å². The molecule has 4 rings (SSSR count). The molecule has 34 heavy (non-hydrogen) atoms. The largest absolute Gasteiger partial charge is 0.459 e. The van der Waals surface area contributed by atoms with Crippen molar-refractivity contribution >= 4 is 23.5 Å². The molecular weight excluding hydrogens is 447 g/mol. The molecule has 9 heteroatoms. The van der Waals surface area contributed by atoms with Gasteiger partial charge in [-0.3, -0.25) is 19.2 Å². The Morgan fingerprint density at radius 3 is 2.47 bits per heavy atom. The Morgan fingerprint density at radius 1 is 1.18 bits per heavy atom. The van der Waals surface area contributed by atoms with E-state index in [1.54, 1.807) is 26.0 Å². The van der Waals surface area contributed by atoms with Crippen LogP contribution in [0.5, 0.6) is 0 Å². The van der Waals surface area contributed by atoms with Crippen molar-refractivity contribution in [2.75, 3.05) is 6.61 Å². The van der Waals surface area contributed by atoms with Gasteiger partial charge in [-0.2, -0.15) is 0 Å². The third-order valence-electron chi connectivity index (χ3n) is 8.54. The first-order valence-corrected chi connectivity index (χ1v) is 11.3. The minimum atomic E-state index is -2.32. The molecule has 8 atom stereocenters. The van der Waals surface area contributed by atoms with Crippen LogP contribution in [-0.2, 0) is 28.7 Å². The lowest BCUT2D eigenvalue weighted by atomic mass is 9.46. The number of ketones is 2. The predicted octanol–water partition coefficient (Wildman–Crippen LogP) is 1.54. The zero-order chi connectivity index (χ0) is 25.3. The Kier molecular flexibility index (Phi) is 5.53. The van der Waals surface area contributed by atoms with E-state index < -0.39 is 70.5 Å². The fourth-order valence-corrected chi connectivity index (χ4v) is 6.78. The Hall–Kier alpha value is -2.65. The quantitative estimate of drug-likeness (QED) is 0.585. The fourth-order valence-electron chi connectivity index (χ4n) is 6.78. The zero-order valence-corrected chi connectivity index (χ0v) is 19.5. The number of allylic oxidation sites excluding steroid dienone is 6. The number of esters is 2. The summed E-state index contributed by atoms with van der Waals surface area (Å²) in [7, 11) is 0. The van der Waals surface area contributed by atoms with E-state index in [1.165, 1.54) is 18.2 Å². The summed E-state index contributed by atoms with van der Waals surface area (Å²) in [5.74, 6) is -4.30. The molecule has 0 aromatic rings. The third-order valence-corrected chi connectivity index (χ3v) is 8.54. The second kappa shape index (κ2) is 7.68. The molecule has 0 spiro atoms. The molecule has 2 N–H and O–H groups in total. The number of hydrogen-bond donors (Lipinski definition) is 2. The number of carbonyl (C=O) groups excluding carboxylic acids is 4. The molecule has 0 amide bonds. The molecule has 0 aliphatic heterocycles. The first-order chi connectivity index (χ1) is 15.7. The lowest BCUT2D eigenvalue weighted by molar-refractivity contribution is -0.212. The van der Waals surface area contributed by atoms with E-state index in [2.05, 4.69) is 0 Å². The predicted molar refractivity (Wildman–Crippen MR) is 116 cm³/mol. The van der Waals surface area contributed by atoms with Gasteiger partial charge in [0, 0.05) is 30.6 Å². The monoisotopic (exact) mass is 476 g/mol. The first-order valence-electron chi connectivity index (χ1n) is 11.3. The maximum absolute atomic E-state index is 17.1. The number of hydrogen-bond acceptors (Lipinski definition) is 8. The van der Waals surface area contributed by atoms with Crippen LogP contribution >= 0.6 is 0 Å². The highest BCUT2D eigenvalue weighted by Crippen LogP contribution is 2.68. The van der Waals surface area contributed by atoms with Gasteiger partial charge in [0.15, 0.2) is 23.7 Å². The van der Waals surface area contributed by atoms with Gasteiger partial charge in [0.25, 0.3) is 0 Å². The van der Waals surface area contributed by atoms with E-state index in [1.807, 2.05) is 0 Å². The first kappa shape index (κ1) is 24.5. The molecule has 0 heterocycles. The van der Waals surface area contributed by atoms with Gasteiger partial charge in [-0.05, 0) is 43.4 Å². The molecule has 0 unspecified atom stereocenters. The van der Waals surface area contributed by atoms with Crippen molar-refractivity contribution in [2.45, 2.75) is 64.0 Å². The fraction of sp³-hybridized carbons (Fsp3) is 0.600. The molecule has 184 valence electrons. The van der Waals surface area contributed by atoms with Gasteiger partial charge in [0.2, 0.25) is 5.78 Å². The van der Waals surface area contributed by atoms with Crippen molar-refractivity contribution in [3.8, 4) is 0 Å². The lowest BCUT2D eigenvalue weighted by Crippen LogP contribution is -2.69. The van der Waals surface area contributed by atoms with Crippen LogP contribution in [0.15, 0.2) is 36.0 Å². The average molecular weight is 476 g/mol. The van der Waals surface area contributed by atoms with Crippen molar-refractivity contribution in [3.63, 3.8) is 0 Å². The van der Waals surface area contributed by atoms with E-state index in [-0.39, 0.29) is 18.6 Å². The Labute approximate surface area is 196 Å². The summed E-state index contributed by atoms with van der Waals surface area (Å²) in [4.78, 5) is 48.3. The van der Waals surface area contributed by atoms with E-state index in [9.17, 15) is 29.4 Å². The van der Waals surface area contributed by atoms with E-state index in [4.69, 9.17) is 9.47 Å². The molecule has 2 fully saturated rings. The maximum atomic E-state index is 17.1. The highest BCUT2D eigenvalue weighted by Gasteiger charge is 2.76. The van der Waals surface area contributed by atoms with Crippen molar-refractivity contribution in [2.24, 2.45) is 22.7 Å². The van der Waals surface area contributed by atoms with Crippen molar-refractivity contribution in [3.05, 3.63) is 36.0 Å². The van der Waals surface area contributed by atoms with E-state index >= 15 is 4.39 Å². The Morgan fingerprint density at radius 2 is 1.85 bits per heavy atom. The summed E-state index contributed by atoms with van der Waals surface area (Å²) in [6, 6.07) is 0. The highest BCUT2D eigenvalue weighted by atomic mass is 19.1. The van der Waals surface area contributed by atoms with Crippen LogP contribution in [0, 0.1) is 22.7 Å². The molecule has 0 radical (unpaired) electrons. The molecule has 0 aromatic carbocycles. The number of rotatable bonds is 4. The number of ether oxygens (including phenoxy) is 2. The summed E-state index contributed by atoms with van der Waals surface area (Å²) >= 11 is 0. The molecule has 0 saturated heterocycles. The average Bonchev–Trinajstić information content (AvgIpc) is 2.95. The maximum Gasteiger partial charge on any atom is 0.303 e. The number of fused-ring (bicyclic) bond motifs is 5. The number of alkyl halides is 1. The Balaban J connectivity index is 1.84. The number of halogens is 1. The standard InChI is InChI=1S/C25H29FO8/c1-13(27)33-12-20(31)25(32)21(34-14(2)28)10-18-17-6-5-15-9-16(29)7-8-22(15,3)24(17,26)19(30)11-23(18,25)4/h5-9,17-19,21,30,32H,10-12H2,1-4H3/t17-,18-,19-,21+,22-,23-,24-,25+/m0/s1. The van der Waals surface area contributed by atoms with E-state index in [0.29, 0.717) is 5.57 Å². The van der Waals surface area contributed by atoms with Gasteiger partial charge < -0.3 is 19.7 Å². The SMILES string of the molecule is CC(=O)OCC(=O)[C@@]1(O)[C@H](OC(C)=O)C[C@H]2[C@@H]3C=CC4=CC(=O)C=C[C@]4(C)[C@@]3(F)[C@@H](O)C[C@@]21C. The third kappa shape index (κ3) is 3.02. The van der Waals surface area contributed by atoms with Gasteiger partial charge in [-0.25, -0.2) is 4.39 Å². The van der Waals surface area contributed by atoms with Gasteiger partial charge >= 0.3 is 11.9 Å². The van der Waals surface area contributed by atoms with Gasteiger partial charge in [0.05, 0.1) is 6.10 Å². The van der Waals surface area contributed by atoms with Crippen molar-refractivity contribution in [1.82, 2.24) is 0 Å². The van der Waals surface area contributed by atoms with Gasteiger partial charge in [0.1, 0.15) is 6.10 Å². The second-order valence-corrected chi connectivity index (χ2v) is 10.2. The number of aliphatic hydroxyl groups is 2. The minimum absolute atomic E-state index is 0.0381. The molecule has 0 aromatic heterocycles. The summed E-state index contributed by atoms with van der Waals surface area (Å²) in [5.41, 5.74) is -6.86. The van der Waals surface area contributed by atoms with Gasteiger partial charge in [-0.1, -0.05) is 25.2 Å². The molecule has 4 aliphatic rings. The molecule has 0 bridgehead atoms.